The van der Waals surface area contributed by atoms with Gasteiger partial charge in [0, 0.05) is 11.6 Å². The van der Waals surface area contributed by atoms with Gasteiger partial charge in [-0.15, -0.1) is 0 Å². The molecule has 0 saturated heterocycles. The molecule has 3 saturated carbocycles. The van der Waals surface area contributed by atoms with E-state index in [2.05, 4.69) is 16.4 Å². The van der Waals surface area contributed by atoms with Gasteiger partial charge in [0.15, 0.2) is 5.65 Å². The van der Waals surface area contributed by atoms with Crippen molar-refractivity contribution in [1.29, 1.82) is 5.26 Å². The van der Waals surface area contributed by atoms with Gasteiger partial charge in [0.05, 0.1) is 41.9 Å². The SMILES string of the molecule is COC(=O)[C@@H]1C2CCC(CC2)[C@H]1Nc1cc(-c2nn(C(c3ccccc3)(c3ccccc3)c3ccccc3)c3ncc(F)cc23)c(C#N)cc1F. The van der Waals surface area contributed by atoms with Crippen LogP contribution in [-0.4, -0.2) is 33.9 Å². The van der Waals surface area contributed by atoms with Crippen molar-refractivity contribution >= 4 is 22.7 Å². The molecule has 0 aliphatic heterocycles. The molecule has 3 aliphatic carbocycles. The van der Waals surface area contributed by atoms with Gasteiger partial charge in [0.1, 0.15) is 22.9 Å². The Morgan fingerprint density at radius 1 is 0.863 bits per heavy atom. The summed E-state index contributed by atoms with van der Waals surface area (Å²) in [6, 6.07) is 35.6. The van der Waals surface area contributed by atoms with Crippen LogP contribution < -0.4 is 5.32 Å². The molecule has 0 amide bonds. The van der Waals surface area contributed by atoms with Gasteiger partial charge >= 0.3 is 5.97 Å². The van der Waals surface area contributed by atoms with Crippen LogP contribution in [0.25, 0.3) is 22.3 Å². The van der Waals surface area contributed by atoms with Gasteiger partial charge < -0.3 is 10.1 Å². The number of anilines is 1. The molecule has 2 heterocycles. The molecule has 51 heavy (non-hydrogen) atoms. The molecule has 0 unspecified atom stereocenters. The highest BCUT2D eigenvalue weighted by Gasteiger charge is 2.48. The highest BCUT2D eigenvalue weighted by Crippen LogP contribution is 2.48. The number of carbonyl (C=O) groups excluding carboxylic acids is 1. The summed E-state index contributed by atoms with van der Waals surface area (Å²) in [5.41, 5.74) is 2.70. The van der Waals surface area contributed by atoms with Crippen LogP contribution in [0, 0.1) is 40.7 Å². The standard InChI is InChI=1S/C42H35F2N5O2/c1-51-41(50)37-26-17-19-27(20-18-26)38(37)47-36-23-33(28(24-45)21-35(36)44)39-34-22-32(43)25-46-40(34)49(48-39)42(29-11-5-2-6-12-29,30-13-7-3-8-14-30)31-15-9-4-10-16-31/h2-16,21-23,25-27,37-38,47H,17-20H2,1H3/t26?,27?,37-,38-/m1/s1. The quantitative estimate of drug-likeness (QED) is 0.128. The molecule has 2 bridgehead atoms. The second-order valence-electron chi connectivity index (χ2n) is 13.5. The van der Waals surface area contributed by atoms with Crippen LogP contribution in [-0.2, 0) is 15.1 Å². The summed E-state index contributed by atoms with van der Waals surface area (Å²) in [6.45, 7) is 0. The molecule has 1 N–H and O–H groups in total. The normalized spacial score (nSPS) is 19.8. The minimum absolute atomic E-state index is 0.0354. The molecule has 7 nitrogen and oxygen atoms in total. The van der Waals surface area contributed by atoms with Crippen LogP contribution in [0.1, 0.15) is 47.9 Å². The van der Waals surface area contributed by atoms with Crippen molar-refractivity contribution in [3.63, 3.8) is 0 Å². The number of hydrogen-bond acceptors (Lipinski definition) is 6. The second kappa shape index (κ2) is 13.1. The summed E-state index contributed by atoms with van der Waals surface area (Å²) in [5, 5.41) is 19.3. The van der Waals surface area contributed by atoms with Crippen LogP contribution in [0.2, 0.25) is 0 Å². The summed E-state index contributed by atoms with van der Waals surface area (Å²) in [5.74, 6) is -1.60. The van der Waals surface area contributed by atoms with Crippen LogP contribution in [0.4, 0.5) is 14.5 Å². The molecule has 9 rings (SSSR count). The smallest absolute Gasteiger partial charge is 0.311 e. The minimum Gasteiger partial charge on any atom is -0.469 e. The number of ether oxygens (including phenoxy) is 1. The molecule has 0 spiro atoms. The molecular formula is C42H35F2N5O2. The van der Waals surface area contributed by atoms with Crippen LogP contribution >= 0.6 is 0 Å². The van der Waals surface area contributed by atoms with Crippen molar-refractivity contribution in [3.8, 4) is 17.3 Å². The molecule has 3 aliphatic rings. The van der Waals surface area contributed by atoms with Crippen LogP contribution in [0.15, 0.2) is 115 Å². The van der Waals surface area contributed by atoms with Crippen molar-refractivity contribution in [2.45, 2.75) is 37.3 Å². The third-order valence-corrected chi connectivity index (χ3v) is 10.9. The Labute approximate surface area is 294 Å². The Bertz CT molecular complexity index is 2170. The van der Waals surface area contributed by atoms with Crippen molar-refractivity contribution in [2.24, 2.45) is 17.8 Å². The molecule has 6 aromatic rings. The number of rotatable bonds is 8. The Hall–Kier alpha value is -5.88. The highest BCUT2D eigenvalue weighted by molar-refractivity contribution is 5.94. The number of fused-ring (bicyclic) bond motifs is 4. The van der Waals surface area contributed by atoms with Gasteiger partial charge in [-0.05, 0) is 72.4 Å². The zero-order valence-electron chi connectivity index (χ0n) is 28.0. The number of hydrogen-bond donors (Lipinski definition) is 1. The number of carbonyl (C=O) groups is 1. The average molecular weight is 680 g/mol. The lowest BCUT2D eigenvalue weighted by atomic mass is 9.61. The maximum atomic E-state index is 15.9. The van der Waals surface area contributed by atoms with Crippen molar-refractivity contribution in [1.82, 2.24) is 14.8 Å². The highest BCUT2D eigenvalue weighted by atomic mass is 19.1. The number of aromatic nitrogens is 3. The van der Waals surface area contributed by atoms with E-state index in [-0.39, 0.29) is 40.8 Å². The number of methoxy groups -OCH3 is 1. The topological polar surface area (TPSA) is 92.8 Å². The zero-order valence-corrected chi connectivity index (χ0v) is 28.0. The lowest BCUT2D eigenvalue weighted by Gasteiger charge is -2.47. The molecule has 254 valence electrons. The van der Waals surface area contributed by atoms with E-state index >= 15 is 8.78 Å². The fourth-order valence-corrected chi connectivity index (χ4v) is 8.60. The lowest BCUT2D eigenvalue weighted by molar-refractivity contribution is -0.152. The van der Waals surface area contributed by atoms with Crippen molar-refractivity contribution in [2.75, 3.05) is 12.4 Å². The van der Waals surface area contributed by atoms with Crippen LogP contribution in [0.5, 0.6) is 0 Å². The zero-order chi connectivity index (χ0) is 35.1. The van der Waals surface area contributed by atoms with E-state index in [4.69, 9.17) is 9.84 Å². The third kappa shape index (κ3) is 5.34. The van der Waals surface area contributed by atoms with E-state index < -0.39 is 23.1 Å². The fourth-order valence-electron chi connectivity index (χ4n) is 8.60. The third-order valence-electron chi connectivity index (χ3n) is 10.9. The summed E-state index contributed by atoms with van der Waals surface area (Å²) in [6.07, 6.45) is 4.88. The van der Waals surface area contributed by atoms with Gasteiger partial charge in [-0.1, -0.05) is 91.0 Å². The summed E-state index contributed by atoms with van der Waals surface area (Å²) >= 11 is 0. The van der Waals surface area contributed by atoms with Crippen molar-refractivity contribution < 1.29 is 18.3 Å². The number of esters is 1. The summed E-state index contributed by atoms with van der Waals surface area (Å²) < 4.78 is 38.1. The van der Waals surface area contributed by atoms with E-state index in [0.29, 0.717) is 16.6 Å². The Morgan fingerprint density at radius 3 is 1.98 bits per heavy atom. The van der Waals surface area contributed by atoms with Crippen molar-refractivity contribution in [3.05, 3.63) is 149 Å². The molecule has 3 fully saturated rings. The van der Waals surface area contributed by atoms with E-state index in [9.17, 15) is 10.1 Å². The molecule has 2 atom stereocenters. The molecule has 0 radical (unpaired) electrons. The van der Waals surface area contributed by atoms with Gasteiger partial charge in [0.25, 0.3) is 0 Å². The maximum Gasteiger partial charge on any atom is 0.311 e. The predicted molar refractivity (Wildman–Crippen MR) is 191 cm³/mol. The number of nitrogens with one attached hydrogen (secondary N) is 1. The summed E-state index contributed by atoms with van der Waals surface area (Å²) in [4.78, 5) is 17.6. The van der Waals surface area contributed by atoms with E-state index in [1.165, 1.54) is 19.2 Å². The first-order chi connectivity index (χ1) is 24.9. The van der Waals surface area contributed by atoms with Gasteiger partial charge in [0.2, 0.25) is 0 Å². The first-order valence-electron chi connectivity index (χ1n) is 17.2. The first-order valence-corrected chi connectivity index (χ1v) is 17.2. The monoisotopic (exact) mass is 679 g/mol. The van der Waals surface area contributed by atoms with Gasteiger partial charge in [-0.3, -0.25) is 4.79 Å². The number of pyridine rings is 1. The van der Waals surface area contributed by atoms with Gasteiger partial charge in [-0.25, -0.2) is 18.4 Å². The van der Waals surface area contributed by atoms with E-state index in [1.807, 2.05) is 91.0 Å². The summed E-state index contributed by atoms with van der Waals surface area (Å²) in [7, 11) is 1.39. The Kier molecular flexibility index (Phi) is 8.31. The largest absolute Gasteiger partial charge is 0.469 e. The average Bonchev–Trinajstić information content (AvgIpc) is 3.55. The predicted octanol–water partition coefficient (Wildman–Crippen LogP) is 8.48. The molecular weight excluding hydrogens is 644 g/mol. The molecule has 9 heteroatoms. The first kappa shape index (κ1) is 32.3. The number of halogens is 2. The Morgan fingerprint density at radius 2 is 1.43 bits per heavy atom. The van der Waals surface area contributed by atoms with Gasteiger partial charge in [-0.2, -0.15) is 10.4 Å². The Balaban J connectivity index is 1.38. The number of benzene rings is 4. The minimum atomic E-state index is -1.09. The van der Waals surface area contributed by atoms with E-state index in [0.717, 1.165) is 48.6 Å². The fraction of sp³-hybridized carbons (Fsp3) is 0.238. The van der Waals surface area contributed by atoms with Crippen LogP contribution in [0.3, 0.4) is 0 Å². The lowest BCUT2D eigenvalue weighted by Crippen LogP contribution is -2.51. The second-order valence-corrected chi connectivity index (χ2v) is 13.5. The maximum absolute atomic E-state index is 15.9. The molecule has 2 aromatic heterocycles. The van der Waals surface area contributed by atoms with E-state index in [1.54, 1.807) is 10.7 Å². The molecule has 4 aromatic carbocycles. The number of nitrogens with zero attached hydrogens (tertiary/aromatic N) is 4. The number of nitriles is 1.